The lowest BCUT2D eigenvalue weighted by Crippen LogP contribution is -2.13. The standard InChI is InChI=1S/C19H16N2O4/c1-25-19(24)15-8-5-9-16(17(15)22)20-18(23)13-6-4-7-14(12-13)21-10-2-3-11-21/h2-12,22H,1H3,(H,20,23). The molecule has 0 saturated carbocycles. The molecule has 3 rings (SSSR count). The van der Waals surface area contributed by atoms with Crippen molar-refractivity contribution >= 4 is 17.6 Å². The van der Waals surface area contributed by atoms with Gasteiger partial charge in [0.1, 0.15) is 5.56 Å². The summed E-state index contributed by atoms with van der Waals surface area (Å²) in [7, 11) is 1.22. The number of phenols is 1. The summed E-state index contributed by atoms with van der Waals surface area (Å²) < 4.78 is 6.49. The molecule has 0 aliphatic rings. The molecule has 1 heterocycles. The number of phenolic OH excluding ortho intramolecular Hbond substituents is 1. The smallest absolute Gasteiger partial charge is 0.341 e. The van der Waals surface area contributed by atoms with Gasteiger partial charge in [0.25, 0.3) is 5.91 Å². The van der Waals surface area contributed by atoms with Crippen molar-refractivity contribution in [3.8, 4) is 11.4 Å². The first-order valence-electron chi connectivity index (χ1n) is 7.55. The number of nitrogens with zero attached hydrogens (tertiary/aromatic N) is 1. The predicted octanol–water partition coefficient (Wildman–Crippen LogP) is 3.22. The van der Waals surface area contributed by atoms with E-state index >= 15 is 0 Å². The van der Waals surface area contributed by atoms with E-state index in [1.165, 1.54) is 19.2 Å². The maximum absolute atomic E-state index is 12.5. The fourth-order valence-electron chi connectivity index (χ4n) is 2.43. The van der Waals surface area contributed by atoms with Crippen molar-refractivity contribution in [1.29, 1.82) is 0 Å². The number of amides is 1. The van der Waals surface area contributed by atoms with Crippen LogP contribution in [0.3, 0.4) is 0 Å². The minimum Gasteiger partial charge on any atom is -0.505 e. The van der Waals surface area contributed by atoms with Gasteiger partial charge in [0.05, 0.1) is 12.8 Å². The summed E-state index contributed by atoms with van der Waals surface area (Å²) in [6.07, 6.45) is 3.76. The lowest BCUT2D eigenvalue weighted by molar-refractivity contribution is 0.0597. The van der Waals surface area contributed by atoms with Crippen molar-refractivity contribution in [1.82, 2.24) is 4.57 Å². The number of esters is 1. The molecule has 0 aliphatic heterocycles. The number of para-hydroxylation sites is 1. The number of hydrogen-bond donors (Lipinski definition) is 2. The highest BCUT2D eigenvalue weighted by atomic mass is 16.5. The highest BCUT2D eigenvalue weighted by molar-refractivity contribution is 6.06. The molecule has 6 nitrogen and oxygen atoms in total. The summed E-state index contributed by atoms with van der Waals surface area (Å²) in [4.78, 5) is 24.1. The van der Waals surface area contributed by atoms with Gasteiger partial charge < -0.3 is 19.7 Å². The second-order valence-corrected chi connectivity index (χ2v) is 5.29. The first-order chi connectivity index (χ1) is 12.1. The van der Waals surface area contributed by atoms with Crippen molar-refractivity contribution in [2.24, 2.45) is 0 Å². The highest BCUT2D eigenvalue weighted by Gasteiger charge is 2.16. The molecule has 1 amide bonds. The van der Waals surface area contributed by atoms with Gasteiger partial charge in [-0.05, 0) is 42.5 Å². The molecule has 1 aromatic heterocycles. The monoisotopic (exact) mass is 336 g/mol. The molecule has 2 aromatic carbocycles. The molecule has 6 heteroatoms. The van der Waals surface area contributed by atoms with Crippen LogP contribution in [0.15, 0.2) is 67.0 Å². The van der Waals surface area contributed by atoms with Crippen LogP contribution in [0.2, 0.25) is 0 Å². The van der Waals surface area contributed by atoms with Crippen molar-refractivity contribution in [2.45, 2.75) is 0 Å². The lowest BCUT2D eigenvalue weighted by atomic mass is 10.1. The van der Waals surface area contributed by atoms with Gasteiger partial charge in [0, 0.05) is 23.6 Å². The van der Waals surface area contributed by atoms with E-state index in [4.69, 9.17) is 0 Å². The first kappa shape index (κ1) is 16.3. The van der Waals surface area contributed by atoms with Crippen molar-refractivity contribution in [3.63, 3.8) is 0 Å². The van der Waals surface area contributed by atoms with Crippen LogP contribution < -0.4 is 5.32 Å². The van der Waals surface area contributed by atoms with Crippen LogP contribution in [-0.2, 0) is 4.74 Å². The Kier molecular flexibility index (Phi) is 4.52. The van der Waals surface area contributed by atoms with Gasteiger partial charge in [0.15, 0.2) is 5.75 Å². The fraction of sp³-hybridized carbons (Fsp3) is 0.0526. The maximum atomic E-state index is 12.5. The van der Waals surface area contributed by atoms with Crippen molar-refractivity contribution in [2.75, 3.05) is 12.4 Å². The largest absolute Gasteiger partial charge is 0.505 e. The van der Waals surface area contributed by atoms with Crippen LogP contribution >= 0.6 is 0 Å². The molecule has 0 spiro atoms. The fourth-order valence-corrected chi connectivity index (χ4v) is 2.43. The van der Waals surface area contributed by atoms with E-state index in [1.54, 1.807) is 24.3 Å². The summed E-state index contributed by atoms with van der Waals surface area (Å²) in [5.41, 5.74) is 1.39. The Balaban J connectivity index is 1.86. The second-order valence-electron chi connectivity index (χ2n) is 5.29. The zero-order valence-electron chi connectivity index (χ0n) is 13.5. The van der Waals surface area contributed by atoms with Crippen molar-refractivity contribution < 1.29 is 19.4 Å². The number of aromatic nitrogens is 1. The van der Waals surface area contributed by atoms with Crippen LogP contribution in [0.25, 0.3) is 5.69 Å². The van der Waals surface area contributed by atoms with Crippen LogP contribution in [0, 0.1) is 0 Å². The number of ether oxygens (including phenoxy) is 1. The number of carbonyl (C=O) groups excluding carboxylic acids is 2. The average molecular weight is 336 g/mol. The lowest BCUT2D eigenvalue weighted by Gasteiger charge is -2.11. The number of methoxy groups -OCH3 is 1. The quantitative estimate of drug-likeness (QED) is 0.566. The Morgan fingerprint density at radius 2 is 1.76 bits per heavy atom. The van der Waals surface area contributed by atoms with E-state index in [0.29, 0.717) is 5.56 Å². The van der Waals surface area contributed by atoms with Gasteiger partial charge in [0.2, 0.25) is 0 Å². The second kappa shape index (κ2) is 6.92. The van der Waals surface area contributed by atoms with Gasteiger partial charge in [-0.1, -0.05) is 12.1 Å². The molecule has 0 saturated heterocycles. The molecule has 0 atom stereocenters. The molecule has 3 aromatic rings. The molecule has 0 unspecified atom stereocenters. The molecule has 0 fully saturated rings. The molecule has 2 N–H and O–H groups in total. The third kappa shape index (κ3) is 3.37. The SMILES string of the molecule is COC(=O)c1cccc(NC(=O)c2cccc(-n3cccc3)c2)c1O. The average Bonchev–Trinajstić information content (AvgIpc) is 3.17. The topological polar surface area (TPSA) is 80.6 Å². The molecule has 0 bridgehead atoms. The highest BCUT2D eigenvalue weighted by Crippen LogP contribution is 2.28. The number of benzene rings is 2. The number of aromatic hydroxyl groups is 1. The number of hydrogen-bond acceptors (Lipinski definition) is 4. The molecular weight excluding hydrogens is 320 g/mol. The van der Waals surface area contributed by atoms with E-state index in [-0.39, 0.29) is 17.0 Å². The van der Waals surface area contributed by atoms with E-state index in [0.717, 1.165) is 5.69 Å². The van der Waals surface area contributed by atoms with Gasteiger partial charge in [-0.15, -0.1) is 0 Å². The zero-order chi connectivity index (χ0) is 17.8. The van der Waals surface area contributed by atoms with Crippen LogP contribution in [0.4, 0.5) is 5.69 Å². The summed E-state index contributed by atoms with van der Waals surface area (Å²) in [5, 5.41) is 12.8. The van der Waals surface area contributed by atoms with Crippen molar-refractivity contribution in [3.05, 3.63) is 78.1 Å². The van der Waals surface area contributed by atoms with Crippen LogP contribution in [-0.4, -0.2) is 28.7 Å². The number of carbonyl (C=O) groups is 2. The van der Waals surface area contributed by atoms with Gasteiger partial charge in [-0.25, -0.2) is 4.79 Å². The maximum Gasteiger partial charge on any atom is 0.341 e. The molecule has 25 heavy (non-hydrogen) atoms. The van der Waals surface area contributed by atoms with Gasteiger partial charge in [-0.3, -0.25) is 4.79 Å². The van der Waals surface area contributed by atoms with Gasteiger partial charge >= 0.3 is 5.97 Å². The van der Waals surface area contributed by atoms with E-state index < -0.39 is 11.9 Å². The summed E-state index contributed by atoms with van der Waals surface area (Å²) in [6.45, 7) is 0. The Morgan fingerprint density at radius 3 is 2.48 bits per heavy atom. The number of rotatable bonds is 4. The van der Waals surface area contributed by atoms with Crippen LogP contribution in [0.1, 0.15) is 20.7 Å². The Morgan fingerprint density at radius 1 is 1.04 bits per heavy atom. The van der Waals surface area contributed by atoms with Gasteiger partial charge in [-0.2, -0.15) is 0 Å². The Hall–Kier alpha value is -3.54. The minimum absolute atomic E-state index is 0.0126. The molecule has 126 valence electrons. The Bertz CT molecular complexity index is 917. The summed E-state index contributed by atoms with van der Waals surface area (Å²) in [5.74, 6) is -1.40. The number of anilines is 1. The minimum atomic E-state index is -0.678. The summed E-state index contributed by atoms with van der Waals surface area (Å²) in [6, 6.07) is 15.3. The third-order valence-electron chi connectivity index (χ3n) is 3.70. The van der Waals surface area contributed by atoms with E-state index in [2.05, 4.69) is 10.1 Å². The summed E-state index contributed by atoms with van der Waals surface area (Å²) >= 11 is 0. The zero-order valence-corrected chi connectivity index (χ0v) is 13.5. The first-order valence-corrected chi connectivity index (χ1v) is 7.55. The van der Waals surface area contributed by atoms with E-state index in [1.807, 2.05) is 35.2 Å². The molecular formula is C19H16N2O4. The molecule has 0 radical (unpaired) electrons. The third-order valence-corrected chi connectivity index (χ3v) is 3.70. The number of nitrogens with one attached hydrogen (secondary N) is 1. The Labute approximate surface area is 144 Å². The van der Waals surface area contributed by atoms with Crippen LogP contribution in [0.5, 0.6) is 5.75 Å². The predicted molar refractivity (Wildman–Crippen MR) is 93.2 cm³/mol. The normalized spacial score (nSPS) is 10.3. The molecule has 0 aliphatic carbocycles. The van der Waals surface area contributed by atoms with E-state index in [9.17, 15) is 14.7 Å².